The van der Waals surface area contributed by atoms with Crippen LogP contribution in [0.4, 0.5) is 14.5 Å². The fourth-order valence-corrected chi connectivity index (χ4v) is 5.96. The Labute approximate surface area is 259 Å². The quantitative estimate of drug-likeness (QED) is 0.382. The molecule has 2 aliphatic rings. The van der Waals surface area contributed by atoms with Crippen LogP contribution in [0.2, 0.25) is 5.02 Å². The summed E-state index contributed by atoms with van der Waals surface area (Å²) in [7, 11) is 1.84. The molecule has 1 aliphatic heterocycles. The molecule has 11 heteroatoms. The zero-order chi connectivity index (χ0) is 31.4. The van der Waals surface area contributed by atoms with Crippen molar-refractivity contribution < 1.29 is 28.0 Å². The van der Waals surface area contributed by atoms with E-state index in [1.54, 1.807) is 36.4 Å². The minimum atomic E-state index is -0.850. The van der Waals surface area contributed by atoms with Crippen molar-refractivity contribution in [2.45, 2.75) is 44.2 Å². The van der Waals surface area contributed by atoms with Crippen molar-refractivity contribution >= 4 is 40.9 Å². The molecule has 0 atom stereocenters. The van der Waals surface area contributed by atoms with Crippen molar-refractivity contribution in [3.05, 3.63) is 100 Å². The van der Waals surface area contributed by atoms with Crippen LogP contribution in [0.15, 0.2) is 66.7 Å². The van der Waals surface area contributed by atoms with Crippen LogP contribution in [0, 0.1) is 11.6 Å². The van der Waals surface area contributed by atoms with Crippen molar-refractivity contribution in [3.63, 3.8) is 0 Å². The third kappa shape index (κ3) is 7.24. The van der Waals surface area contributed by atoms with E-state index >= 15 is 0 Å². The molecule has 1 aliphatic carbocycles. The number of halogens is 3. The Morgan fingerprint density at radius 1 is 0.932 bits per heavy atom. The van der Waals surface area contributed by atoms with Crippen molar-refractivity contribution in [2.24, 2.45) is 0 Å². The van der Waals surface area contributed by atoms with Crippen LogP contribution in [-0.2, 0) is 20.9 Å². The van der Waals surface area contributed by atoms with Crippen LogP contribution in [0.1, 0.15) is 53.1 Å². The second-order valence-corrected chi connectivity index (χ2v) is 11.7. The highest BCUT2D eigenvalue weighted by Gasteiger charge is 2.31. The summed E-state index contributed by atoms with van der Waals surface area (Å²) < 4.78 is 27.2. The zero-order valence-corrected chi connectivity index (χ0v) is 25.0. The number of nitrogens with zero attached hydrogens (tertiary/aromatic N) is 3. The van der Waals surface area contributed by atoms with Gasteiger partial charge in [0.2, 0.25) is 5.91 Å². The Kier molecular flexibility index (Phi) is 9.58. The van der Waals surface area contributed by atoms with Gasteiger partial charge in [-0.25, -0.2) is 8.78 Å². The van der Waals surface area contributed by atoms with Gasteiger partial charge in [0.25, 0.3) is 5.91 Å². The molecule has 5 rings (SSSR count). The molecule has 230 valence electrons. The normalized spacial score (nSPS) is 18.6. The van der Waals surface area contributed by atoms with E-state index in [2.05, 4.69) is 5.32 Å². The SMILES string of the molecule is CN(C(=O)c1ccc(Cl)cc1)C1CCC(c2ccc(NC(=O)C(=O)N3CCN(Cc4ccc(F)cc4F)C(=O)C3)cc2)CC1. The standard InChI is InChI=1S/C33H33ClF2N4O4/c1-38(32(43)23-2-9-25(34)10-3-23)28-14-7-22(8-15-28)21-5-12-27(13-6-21)37-31(42)33(44)40-17-16-39(30(41)20-40)19-24-4-11-26(35)18-29(24)36/h2-6,9-13,18,22,28H,7-8,14-17,19-20H2,1H3,(H,37,42). The summed E-state index contributed by atoms with van der Waals surface area (Å²) in [6.45, 7) is -0.123. The van der Waals surface area contributed by atoms with Crippen LogP contribution in [0.3, 0.4) is 0 Å². The largest absolute Gasteiger partial charge is 0.339 e. The summed E-state index contributed by atoms with van der Waals surface area (Å²) in [5.41, 5.74) is 2.37. The van der Waals surface area contributed by atoms with E-state index in [-0.39, 0.29) is 43.7 Å². The summed E-state index contributed by atoms with van der Waals surface area (Å²) in [6.07, 6.45) is 3.58. The molecule has 1 N–H and O–H groups in total. The average molecular weight is 623 g/mol. The fourth-order valence-electron chi connectivity index (χ4n) is 5.83. The van der Waals surface area contributed by atoms with E-state index < -0.39 is 29.4 Å². The van der Waals surface area contributed by atoms with E-state index in [9.17, 15) is 28.0 Å². The highest BCUT2D eigenvalue weighted by atomic mass is 35.5. The predicted octanol–water partition coefficient (Wildman–Crippen LogP) is 5.23. The van der Waals surface area contributed by atoms with Gasteiger partial charge >= 0.3 is 11.8 Å². The number of carbonyl (C=O) groups is 4. The number of hydrogen-bond acceptors (Lipinski definition) is 4. The van der Waals surface area contributed by atoms with Crippen molar-refractivity contribution in [2.75, 3.05) is 32.0 Å². The molecular formula is C33H33ClF2N4O4. The van der Waals surface area contributed by atoms with Crippen molar-refractivity contribution in [1.29, 1.82) is 0 Å². The first-order valence-corrected chi connectivity index (χ1v) is 14.9. The summed E-state index contributed by atoms with van der Waals surface area (Å²) in [6, 6.07) is 17.6. The van der Waals surface area contributed by atoms with Crippen LogP contribution in [0.25, 0.3) is 0 Å². The van der Waals surface area contributed by atoms with Crippen LogP contribution >= 0.6 is 11.6 Å². The lowest BCUT2D eigenvalue weighted by molar-refractivity contribution is -0.150. The Hall–Kier alpha value is -4.31. The molecule has 0 spiro atoms. The fraction of sp³-hybridized carbons (Fsp3) is 0.333. The predicted molar refractivity (Wildman–Crippen MR) is 162 cm³/mol. The van der Waals surface area contributed by atoms with Gasteiger partial charge in [-0.15, -0.1) is 0 Å². The first kappa shape index (κ1) is 31.1. The number of piperazine rings is 1. The number of hydrogen-bond donors (Lipinski definition) is 1. The first-order valence-electron chi connectivity index (χ1n) is 14.5. The molecule has 0 bridgehead atoms. The summed E-state index contributed by atoms with van der Waals surface area (Å²) in [5, 5.41) is 3.20. The van der Waals surface area contributed by atoms with Gasteiger partial charge in [0.15, 0.2) is 0 Å². The number of benzene rings is 3. The van der Waals surface area contributed by atoms with Gasteiger partial charge < -0.3 is 20.0 Å². The molecule has 1 saturated heterocycles. The van der Waals surface area contributed by atoms with E-state index in [1.165, 1.54) is 11.0 Å². The molecular weight excluding hydrogens is 590 g/mol. The van der Waals surface area contributed by atoms with E-state index in [4.69, 9.17) is 11.6 Å². The van der Waals surface area contributed by atoms with E-state index in [1.807, 2.05) is 24.1 Å². The van der Waals surface area contributed by atoms with Crippen LogP contribution in [-0.4, -0.2) is 71.1 Å². The Bertz CT molecular complexity index is 1540. The van der Waals surface area contributed by atoms with Crippen LogP contribution in [0.5, 0.6) is 0 Å². The molecule has 3 aromatic rings. The van der Waals surface area contributed by atoms with E-state index in [0.717, 1.165) is 48.3 Å². The second-order valence-electron chi connectivity index (χ2n) is 11.3. The molecule has 0 radical (unpaired) electrons. The van der Waals surface area contributed by atoms with Crippen molar-refractivity contribution in [3.8, 4) is 0 Å². The van der Waals surface area contributed by atoms with Gasteiger partial charge in [-0.3, -0.25) is 19.2 Å². The number of rotatable bonds is 6. The van der Waals surface area contributed by atoms with Gasteiger partial charge in [0.05, 0.1) is 0 Å². The minimum Gasteiger partial charge on any atom is -0.339 e. The van der Waals surface area contributed by atoms with Gasteiger partial charge in [-0.05, 0) is 79.6 Å². The Morgan fingerprint density at radius 2 is 1.61 bits per heavy atom. The summed E-state index contributed by atoms with van der Waals surface area (Å²) >= 11 is 5.94. The topological polar surface area (TPSA) is 90.0 Å². The summed E-state index contributed by atoms with van der Waals surface area (Å²) in [4.78, 5) is 55.3. The molecule has 4 amide bonds. The minimum absolute atomic E-state index is 0.0219. The maximum Gasteiger partial charge on any atom is 0.313 e. The molecule has 1 heterocycles. The molecule has 8 nitrogen and oxygen atoms in total. The monoisotopic (exact) mass is 622 g/mol. The van der Waals surface area contributed by atoms with Gasteiger partial charge in [0.1, 0.15) is 18.2 Å². The lowest BCUT2D eigenvalue weighted by atomic mass is 9.81. The molecule has 0 aromatic heterocycles. The zero-order valence-electron chi connectivity index (χ0n) is 24.3. The highest BCUT2D eigenvalue weighted by molar-refractivity contribution is 6.39. The maximum atomic E-state index is 14.0. The Balaban J connectivity index is 1.09. The van der Waals surface area contributed by atoms with E-state index in [0.29, 0.717) is 22.2 Å². The van der Waals surface area contributed by atoms with Crippen LogP contribution < -0.4 is 5.32 Å². The van der Waals surface area contributed by atoms with Crippen molar-refractivity contribution in [1.82, 2.24) is 14.7 Å². The lowest BCUT2D eigenvalue weighted by Crippen LogP contribution is -2.54. The molecule has 2 fully saturated rings. The van der Waals surface area contributed by atoms with Gasteiger partial charge in [-0.2, -0.15) is 0 Å². The number of anilines is 1. The smallest absolute Gasteiger partial charge is 0.313 e. The Morgan fingerprint density at radius 3 is 2.25 bits per heavy atom. The number of amides is 4. The number of nitrogens with one attached hydrogen (secondary N) is 1. The average Bonchev–Trinajstić information content (AvgIpc) is 3.03. The summed E-state index contributed by atoms with van der Waals surface area (Å²) in [5.74, 6) is -3.26. The second kappa shape index (κ2) is 13.5. The molecule has 44 heavy (non-hydrogen) atoms. The third-order valence-electron chi connectivity index (χ3n) is 8.47. The molecule has 1 saturated carbocycles. The number of carbonyl (C=O) groups excluding carboxylic acids is 4. The molecule has 3 aromatic carbocycles. The third-order valence-corrected chi connectivity index (χ3v) is 8.72. The van der Waals surface area contributed by atoms with Gasteiger partial charge in [0, 0.05) is 60.6 Å². The first-order chi connectivity index (χ1) is 21.1. The lowest BCUT2D eigenvalue weighted by Gasteiger charge is -2.35. The van der Waals surface area contributed by atoms with Gasteiger partial charge in [-0.1, -0.05) is 29.8 Å². The maximum absolute atomic E-state index is 14.0. The molecule has 0 unspecified atom stereocenters. The highest BCUT2D eigenvalue weighted by Crippen LogP contribution is 2.35.